The van der Waals surface area contributed by atoms with Crippen LogP contribution in [0.2, 0.25) is 0 Å². The molecule has 1 aliphatic rings. The third-order valence-electron chi connectivity index (χ3n) is 3.05. The number of carbonyl (C=O) groups is 2. The third kappa shape index (κ3) is 5.31. The summed E-state index contributed by atoms with van der Waals surface area (Å²) in [6.07, 6.45) is 0.418. The fraction of sp³-hybridized carbons (Fsp3) is 0.467. The van der Waals surface area contributed by atoms with Gasteiger partial charge in [0.25, 0.3) is 0 Å². The summed E-state index contributed by atoms with van der Waals surface area (Å²) in [4.78, 5) is 24.4. The minimum Gasteiger partial charge on any atom is -0.481 e. The molecule has 0 aliphatic carbocycles. The predicted molar refractivity (Wildman–Crippen MR) is 78.9 cm³/mol. The molecule has 0 spiro atoms. The molecule has 1 atom stereocenters. The van der Waals surface area contributed by atoms with Crippen LogP contribution < -0.4 is 0 Å². The van der Waals surface area contributed by atoms with Crippen molar-refractivity contribution in [2.75, 3.05) is 19.0 Å². The molecule has 1 unspecified atom stereocenters. The normalized spacial score (nSPS) is 19.1. The van der Waals surface area contributed by atoms with Crippen molar-refractivity contribution < 1.29 is 14.7 Å². The van der Waals surface area contributed by atoms with Crippen LogP contribution in [0.25, 0.3) is 0 Å². The second-order valence-corrected chi connectivity index (χ2v) is 5.14. The zero-order valence-corrected chi connectivity index (χ0v) is 12.3. The fourth-order valence-corrected chi connectivity index (χ4v) is 2.12. The Morgan fingerprint density at radius 3 is 2.50 bits per heavy atom. The third-order valence-corrected chi connectivity index (χ3v) is 3.05. The number of piperidine rings is 1. The summed E-state index contributed by atoms with van der Waals surface area (Å²) in [7, 11) is 0. The average Bonchev–Trinajstić information content (AvgIpc) is 2.40. The van der Waals surface area contributed by atoms with E-state index in [9.17, 15) is 9.59 Å². The maximum absolute atomic E-state index is 11.6. The minimum atomic E-state index is -0.991. The molecule has 1 N–H and O–H groups in total. The van der Waals surface area contributed by atoms with Gasteiger partial charge in [-0.1, -0.05) is 37.3 Å². The first-order valence-corrected chi connectivity index (χ1v) is 7.19. The molecule has 1 fully saturated rings. The molecule has 0 aromatic heterocycles. The summed E-state index contributed by atoms with van der Waals surface area (Å²) in [5, 5.41) is 8.85. The number of ketones is 1. The molecule has 0 radical (unpaired) electrons. The van der Waals surface area contributed by atoms with Gasteiger partial charge in [0.05, 0.1) is 6.54 Å². The van der Waals surface area contributed by atoms with Gasteiger partial charge in [0, 0.05) is 19.0 Å². The first-order valence-electron chi connectivity index (χ1n) is 6.66. The van der Waals surface area contributed by atoms with Crippen LogP contribution in [0.1, 0.15) is 18.9 Å². The number of Topliss-reactive ketones (excluding diaryl/α,β-unsaturated/α-hetero) is 1. The van der Waals surface area contributed by atoms with Gasteiger partial charge in [-0.25, -0.2) is 0 Å². The number of carboxylic acids is 1. The molecule has 1 aromatic rings. The Labute approximate surface area is 124 Å². The van der Waals surface area contributed by atoms with Crippen molar-refractivity contribution in [1.29, 1.82) is 0 Å². The van der Waals surface area contributed by atoms with Gasteiger partial charge in [-0.15, -0.1) is 11.6 Å². The standard InChI is InChI=1S/C13H15NO3.C2H5Cl/c15-12-9-14(7-6-11(12)13(16)17)8-10-4-2-1-3-5-10;1-2-3/h1-5,11H,6-9H2,(H,16,17);2H2,1H3. The van der Waals surface area contributed by atoms with E-state index >= 15 is 0 Å². The number of alkyl halides is 1. The lowest BCUT2D eigenvalue weighted by Gasteiger charge is -2.28. The molecule has 1 saturated heterocycles. The number of halogens is 1. The highest BCUT2D eigenvalue weighted by molar-refractivity contribution is 6.17. The second kappa shape index (κ2) is 8.72. The van der Waals surface area contributed by atoms with Crippen LogP contribution in [-0.2, 0) is 16.1 Å². The number of carboxylic acid groups (broad SMARTS) is 1. The van der Waals surface area contributed by atoms with Crippen molar-refractivity contribution in [3.8, 4) is 0 Å². The number of carbonyl (C=O) groups excluding carboxylic acids is 1. The molecular weight excluding hydrogens is 278 g/mol. The number of rotatable bonds is 3. The quantitative estimate of drug-likeness (QED) is 0.687. The van der Waals surface area contributed by atoms with Crippen LogP contribution in [-0.4, -0.2) is 40.7 Å². The van der Waals surface area contributed by atoms with Crippen molar-refractivity contribution in [2.45, 2.75) is 19.9 Å². The van der Waals surface area contributed by atoms with E-state index in [0.29, 0.717) is 19.5 Å². The number of nitrogens with zero attached hydrogens (tertiary/aromatic N) is 1. The largest absolute Gasteiger partial charge is 0.481 e. The number of hydrogen-bond acceptors (Lipinski definition) is 3. The van der Waals surface area contributed by atoms with Crippen molar-refractivity contribution >= 4 is 23.4 Å². The van der Waals surface area contributed by atoms with Crippen molar-refractivity contribution in [1.82, 2.24) is 4.90 Å². The summed E-state index contributed by atoms with van der Waals surface area (Å²) >= 11 is 5.00. The van der Waals surface area contributed by atoms with Crippen LogP contribution in [0.4, 0.5) is 0 Å². The van der Waals surface area contributed by atoms with E-state index < -0.39 is 11.9 Å². The zero-order valence-electron chi connectivity index (χ0n) is 11.6. The number of hydrogen-bond donors (Lipinski definition) is 1. The van der Waals surface area contributed by atoms with E-state index in [4.69, 9.17) is 16.7 Å². The van der Waals surface area contributed by atoms with Gasteiger partial charge in [0.15, 0.2) is 5.78 Å². The molecule has 0 saturated carbocycles. The molecule has 110 valence electrons. The zero-order chi connectivity index (χ0) is 15.0. The molecule has 5 heteroatoms. The number of likely N-dealkylation sites (tertiary alicyclic amines) is 1. The molecule has 4 nitrogen and oxygen atoms in total. The van der Waals surface area contributed by atoms with E-state index in [1.165, 1.54) is 0 Å². The summed E-state index contributed by atoms with van der Waals surface area (Å²) < 4.78 is 0. The highest BCUT2D eigenvalue weighted by Crippen LogP contribution is 2.16. The van der Waals surface area contributed by atoms with Gasteiger partial charge >= 0.3 is 5.97 Å². The smallest absolute Gasteiger partial charge is 0.314 e. The first kappa shape index (κ1) is 16.7. The van der Waals surface area contributed by atoms with Gasteiger partial charge < -0.3 is 5.11 Å². The summed E-state index contributed by atoms with van der Waals surface area (Å²) in [5.74, 6) is -1.25. The Bertz CT molecular complexity index is 436. The lowest BCUT2D eigenvalue weighted by atomic mass is 9.95. The van der Waals surface area contributed by atoms with Gasteiger partial charge in [0.1, 0.15) is 5.92 Å². The lowest BCUT2D eigenvalue weighted by Crippen LogP contribution is -2.43. The lowest BCUT2D eigenvalue weighted by molar-refractivity contribution is -0.148. The molecule has 0 amide bonds. The topological polar surface area (TPSA) is 57.6 Å². The van der Waals surface area contributed by atoms with Crippen molar-refractivity contribution in [2.24, 2.45) is 5.92 Å². The average molecular weight is 298 g/mol. The van der Waals surface area contributed by atoms with Crippen LogP contribution in [0.15, 0.2) is 30.3 Å². The van der Waals surface area contributed by atoms with Gasteiger partial charge in [-0.3, -0.25) is 14.5 Å². The Hall–Kier alpha value is -1.39. The molecule has 0 bridgehead atoms. The van der Waals surface area contributed by atoms with E-state index in [1.54, 1.807) is 0 Å². The molecule has 1 aliphatic heterocycles. The van der Waals surface area contributed by atoms with Gasteiger partial charge in [-0.2, -0.15) is 0 Å². The Kier molecular flexibility index (Phi) is 7.26. The van der Waals surface area contributed by atoms with Crippen LogP contribution in [0.3, 0.4) is 0 Å². The predicted octanol–water partition coefficient (Wildman–Crippen LogP) is 2.41. The summed E-state index contributed by atoms with van der Waals surface area (Å²) in [6, 6.07) is 9.88. The van der Waals surface area contributed by atoms with Gasteiger partial charge in [-0.05, 0) is 12.0 Å². The SMILES string of the molecule is CCCl.O=C(O)C1CCN(Cc2ccccc2)CC1=O. The fourth-order valence-electron chi connectivity index (χ4n) is 2.12. The molecule has 1 heterocycles. The number of aliphatic carboxylic acids is 1. The molecule has 20 heavy (non-hydrogen) atoms. The maximum atomic E-state index is 11.6. The van der Waals surface area contributed by atoms with E-state index in [0.717, 1.165) is 11.4 Å². The summed E-state index contributed by atoms with van der Waals surface area (Å²) in [6.45, 7) is 3.50. The first-order chi connectivity index (χ1) is 9.58. The van der Waals surface area contributed by atoms with Crippen LogP contribution in [0, 0.1) is 5.92 Å². The summed E-state index contributed by atoms with van der Waals surface area (Å²) in [5.41, 5.74) is 1.15. The van der Waals surface area contributed by atoms with Gasteiger partial charge in [0.2, 0.25) is 0 Å². The Morgan fingerprint density at radius 2 is 2.00 bits per heavy atom. The Balaban J connectivity index is 0.000000612. The van der Waals surface area contributed by atoms with E-state index in [2.05, 4.69) is 0 Å². The highest BCUT2D eigenvalue weighted by atomic mass is 35.5. The van der Waals surface area contributed by atoms with Crippen molar-refractivity contribution in [3.63, 3.8) is 0 Å². The highest BCUT2D eigenvalue weighted by Gasteiger charge is 2.31. The maximum Gasteiger partial charge on any atom is 0.314 e. The molecule has 1 aromatic carbocycles. The minimum absolute atomic E-state index is 0.181. The number of benzene rings is 1. The monoisotopic (exact) mass is 297 g/mol. The van der Waals surface area contributed by atoms with E-state index in [-0.39, 0.29) is 12.3 Å². The van der Waals surface area contributed by atoms with Crippen LogP contribution in [0.5, 0.6) is 0 Å². The van der Waals surface area contributed by atoms with Crippen molar-refractivity contribution in [3.05, 3.63) is 35.9 Å². The van der Waals surface area contributed by atoms with E-state index in [1.807, 2.05) is 42.2 Å². The Morgan fingerprint density at radius 1 is 1.40 bits per heavy atom. The molecule has 2 rings (SSSR count). The molecular formula is C15H20ClNO3. The second-order valence-electron chi connectivity index (χ2n) is 4.61. The van der Waals surface area contributed by atoms with Crippen LogP contribution >= 0.6 is 11.6 Å².